The molecule has 178 valence electrons. The Hall–Kier alpha value is -2.82. The number of hydrogen-bond acceptors (Lipinski definition) is 7. The Bertz CT molecular complexity index is 1130. The molecule has 2 aliphatic rings. The van der Waals surface area contributed by atoms with Crippen molar-refractivity contribution in [2.75, 3.05) is 53.7 Å². The predicted octanol–water partition coefficient (Wildman–Crippen LogP) is 1.70. The third kappa shape index (κ3) is 5.07. The fraction of sp³-hybridized carbons (Fsp3) is 0.435. The molecule has 0 radical (unpaired) electrons. The molecule has 33 heavy (non-hydrogen) atoms. The van der Waals surface area contributed by atoms with Crippen molar-refractivity contribution < 1.29 is 27.4 Å². The van der Waals surface area contributed by atoms with Crippen molar-refractivity contribution in [3.63, 3.8) is 0 Å². The number of aryl methyl sites for hydroxylation is 1. The van der Waals surface area contributed by atoms with Gasteiger partial charge in [-0.05, 0) is 42.3 Å². The number of rotatable bonds is 7. The van der Waals surface area contributed by atoms with Crippen LogP contribution in [-0.4, -0.2) is 82.1 Å². The van der Waals surface area contributed by atoms with Crippen LogP contribution in [0.4, 0.5) is 0 Å². The van der Waals surface area contributed by atoms with E-state index in [1.165, 1.54) is 14.2 Å². The lowest BCUT2D eigenvalue weighted by Crippen LogP contribution is -2.51. The van der Waals surface area contributed by atoms with E-state index in [0.717, 1.165) is 33.5 Å². The van der Waals surface area contributed by atoms with Gasteiger partial charge in [0.15, 0.2) is 11.5 Å². The Morgan fingerprint density at radius 1 is 1.06 bits per heavy atom. The van der Waals surface area contributed by atoms with Gasteiger partial charge >= 0.3 is 0 Å². The molecule has 1 saturated heterocycles. The first-order chi connectivity index (χ1) is 15.8. The number of fused-ring (bicyclic) bond motifs is 1. The normalized spacial score (nSPS) is 16.3. The molecule has 10 heteroatoms. The van der Waals surface area contributed by atoms with E-state index in [1.807, 2.05) is 25.1 Å². The zero-order valence-electron chi connectivity index (χ0n) is 19.1. The molecule has 2 aliphatic heterocycles. The number of sulfonamides is 1. The average Bonchev–Trinajstić information content (AvgIpc) is 3.27. The molecule has 0 saturated carbocycles. The summed E-state index contributed by atoms with van der Waals surface area (Å²) in [5, 5.41) is 0. The van der Waals surface area contributed by atoms with E-state index >= 15 is 0 Å². The number of piperazine rings is 1. The van der Waals surface area contributed by atoms with Gasteiger partial charge in [0.2, 0.25) is 22.7 Å². The molecule has 2 heterocycles. The Kier molecular flexibility index (Phi) is 6.78. The third-order valence-electron chi connectivity index (χ3n) is 5.93. The summed E-state index contributed by atoms with van der Waals surface area (Å²) >= 11 is 0. The summed E-state index contributed by atoms with van der Waals surface area (Å²) in [4.78, 5) is 16.9. The number of carbonyl (C=O) groups excluding carboxylic acids is 1. The van der Waals surface area contributed by atoms with Gasteiger partial charge in [0.25, 0.3) is 0 Å². The van der Waals surface area contributed by atoms with Crippen molar-refractivity contribution in [1.82, 2.24) is 14.1 Å². The third-order valence-corrected chi connectivity index (χ3v) is 7.76. The van der Waals surface area contributed by atoms with Crippen LogP contribution in [0.1, 0.15) is 11.1 Å². The van der Waals surface area contributed by atoms with Gasteiger partial charge in [-0.25, -0.2) is 8.42 Å². The van der Waals surface area contributed by atoms with E-state index < -0.39 is 10.0 Å². The Morgan fingerprint density at radius 2 is 1.79 bits per heavy atom. The summed E-state index contributed by atoms with van der Waals surface area (Å²) in [5.74, 6) is 1.57. The predicted molar refractivity (Wildman–Crippen MR) is 122 cm³/mol. The zero-order valence-corrected chi connectivity index (χ0v) is 19.9. The lowest BCUT2D eigenvalue weighted by atomic mass is 10.1. The molecule has 0 aliphatic carbocycles. The summed E-state index contributed by atoms with van der Waals surface area (Å²) in [6.45, 7) is 5.11. The van der Waals surface area contributed by atoms with Crippen molar-refractivity contribution in [2.45, 2.75) is 18.4 Å². The van der Waals surface area contributed by atoms with Crippen molar-refractivity contribution in [1.29, 1.82) is 0 Å². The van der Waals surface area contributed by atoms with Crippen molar-refractivity contribution in [3.05, 3.63) is 47.5 Å². The first-order valence-corrected chi connectivity index (χ1v) is 12.2. The number of ether oxygens (including phenoxy) is 3. The van der Waals surface area contributed by atoms with Gasteiger partial charge in [-0.1, -0.05) is 12.1 Å². The number of likely N-dealkylation sites (N-methyl/N-ethyl adjacent to an activating group) is 1. The van der Waals surface area contributed by atoms with Crippen LogP contribution in [0.25, 0.3) is 0 Å². The van der Waals surface area contributed by atoms with E-state index in [1.54, 1.807) is 23.1 Å². The first-order valence-electron chi connectivity index (χ1n) is 10.8. The summed E-state index contributed by atoms with van der Waals surface area (Å²) < 4.78 is 43.2. The van der Waals surface area contributed by atoms with Crippen LogP contribution in [0.2, 0.25) is 0 Å². The molecule has 0 unspecified atom stereocenters. The Balaban J connectivity index is 1.33. The van der Waals surface area contributed by atoms with E-state index in [4.69, 9.17) is 14.2 Å². The van der Waals surface area contributed by atoms with E-state index in [2.05, 4.69) is 4.90 Å². The lowest BCUT2D eigenvalue weighted by Gasteiger charge is -2.35. The number of amides is 1. The molecule has 0 N–H and O–H groups in total. The van der Waals surface area contributed by atoms with Gasteiger partial charge < -0.3 is 19.1 Å². The van der Waals surface area contributed by atoms with Gasteiger partial charge in [-0.15, -0.1) is 0 Å². The molecule has 1 fully saturated rings. The average molecular weight is 476 g/mol. The zero-order chi connectivity index (χ0) is 23.6. The molecule has 0 aromatic heterocycles. The van der Waals surface area contributed by atoms with E-state index in [-0.39, 0.29) is 29.9 Å². The summed E-state index contributed by atoms with van der Waals surface area (Å²) in [5.41, 5.74) is 1.92. The van der Waals surface area contributed by atoms with Crippen LogP contribution in [0.15, 0.2) is 41.3 Å². The summed E-state index contributed by atoms with van der Waals surface area (Å²) in [6.07, 6.45) is 0. The minimum Gasteiger partial charge on any atom is -0.495 e. The van der Waals surface area contributed by atoms with Crippen LogP contribution >= 0.6 is 0 Å². The molecular formula is C23H29N3O6S. The fourth-order valence-corrected chi connectivity index (χ4v) is 5.34. The van der Waals surface area contributed by atoms with Gasteiger partial charge in [-0.2, -0.15) is 4.31 Å². The molecule has 9 nitrogen and oxygen atoms in total. The minimum atomic E-state index is -3.87. The molecule has 0 atom stereocenters. The first kappa shape index (κ1) is 23.3. The van der Waals surface area contributed by atoms with Gasteiger partial charge in [0, 0.05) is 39.8 Å². The number of methoxy groups -OCH3 is 1. The monoisotopic (exact) mass is 475 g/mol. The highest BCUT2D eigenvalue weighted by atomic mass is 32.2. The SMILES string of the molecule is COc1ccc(C)cc1S(=O)(=O)N(C)CC(=O)N1CCN(Cc2ccc3c(c2)OCO3)CC1. The van der Waals surface area contributed by atoms with Gasteiger partial charge in [0.1, 0.15) is 10.6 Å². The number of carbonyl (C=O) groups is 1. The molecule has 0 bridgehead atoms. The second-order valence-corrected chi connectivity index (χ2v) is 10.3. The van der Waals surface area contributed by atoms with E-state index in [0.29, 0.717) is 26.2 Å². The smallest absolute Gasteiger partial charge is 0.246 e. The maximum absolute atomic E-state index is 13.1. The molecule has 0 spiro atoms. The second-order valence-electron chi connectivity index (χ2n) is 8.26. The largest absolute Gasteiger partial charge is 0.495 e. The Labute approximate surface area is 194 Å². The van der Waals surface area contributed by atoms with Gasteiger partial charge in [0.05, 0.1) is 13.7 Å². The molecule has 4 rings (SSSR count). The van der Waals surface area contributed by atoms with Crippen LogP contribution in [0.5, 0.6) is 17.2 Å². The van der Waals surface area contributed by atoms with E-state index in [9.17, 15) is 13.2 Å². The summed E-state index contributed by atoms with van der Waals surface area (Å²) in [6, 6.07) is 10.9. The Morgan fingerprint density at radius 3 is 2.52 bits per heavy atom. The fourth-order valence-electron chi connectivity index (χ4n) is 3.98. The standard InChI is InChI=1S/C23H29N3O6S/c1-17-4-6-20(30-3)22(12-17)33(28,29)24(2)15-23(27)26-10-8-25(9-11-26)14-18-5-7-19-21(13-18)32-16-31-19/h4-7,12-13H,8-11,14-16H2,1-3H3. The minimum absolute atomic E-state index is 0.0637. The second kappa shape index (κ2) is 9.58. The number of benzene rings is 2. The molecule has 1 amide bonds. The highest BCUT2D eigenvalue weighted by Gasteiger charge is 2.29. The lowest BCUT2D eigenvalue weighted by molar-refractivity contribution is -0.133. The molecule has 2 aromatic rings. The summed E-state index contributed by atoms with van der Waals surface area (Å²) in [7, 11) is -1.02. The van der Waals surface area contributed by atoms with Gasteiger partial charge in [-0.3, -0.25) is 9.69 Å². The quantitative estimate of drug-likeness (QED) is 0.602. The number of hydrogen-bond donors (Lipinski definition) is 0. The number of nitrogens with zero attached hydrogens (tertiary/aromatic N) is 3. The molecular weight excluding hydrogens is 446 g/mol. The maximum atomic E-state index is 13.1. The maximum Gasteiger partial charge on any atom is 0.246 e. The van der Waals surface area contributed by atoms with Crippen molar-refractivity contribution in [3.8, 4) is 17.2 Å². The highest BCUT2D eigenvalue weighted by molar-refractivity contribution is 7.89. The molecule has 2 aromatic carbocycles. The highest BCUT2D eigenvalue weighted by Crippen LogP contribution is 2.33. The van der Waals surface area contributed by atoms with Crippen LogP contribution in [-0.2, 0) is 21.4 Å². The van der Waals surface area contributed by atoms with Crippen LogP contribution in [0, 0.1) is 6.92 Å². The van der Waals surface area contributed by atoms with Crippen molar-refractivity contribution >= 4 is 15.9 Å². The van der Waals surface area contributed by atoms with Crippen molar-refractivity contribution in [2.24, 2.45) is 0 Å². The van der Waals surface area contributed by atoms with Crippen LogP contribution in [0.3, 0.4) is 0 Å². The van der Waals surface area contributed by atoms with Crippen LogP contribution < -0.4 is 14.2 Å². The topological polar surface area (TPSA) is 88.6 Å².